The van der Waals surface area contributed by atoms with Crippen molar-refractivity contribution < 1.29 is 14.3 Å². The Balaban J connectivity index is 2.85. The quantitative estimate of drug-likeness (QED) is 0.875. The molecule has 0 saturated carbocycles. The van der Waals surface area contributed by atoms with Crippen LogP contribution in [0.1, 0.15) is 25.8 Å². The second-order valence-electron chi connectivity index (χ2n) is 4.29. The molecule has 0 amide bonds. The Hall–Kier alpha value is -0.940. The van der Waals surface area contributed by atoms with Crippen molar-refractivity contribution >= 4 is 21.9 Å². The van der Waals surface area contributed by atoms with Gasteiger partial charge in [-0.05, 0) is 25.5 Å². The van der Waals surface area contributed by atoms with E-state index in [0.29, 0.717) is 16.6 Å². The van der Waals surface area contributed by atoms with E-state index in [1.165, 1.54) is 6.07 Å². The molecule has 0 aliphatic carbocycles. The maximum atomic E-state index is 13.7. The van der Waals surface area contributed by atoms with E-state index in [0.717, 1.165) is 6.42 Å². The summed E-state index contributed by atoms with van der Waals surface area (Å²) >= 11 is 3.20. The second kappa shape index (κ2) is 6.85. The zero-order chi connectivity index (χ0) is 13.7. The molecule has 1 rings (SSSR count). The van der Waals surface area contributed by atoms with Gasteiger partial charge in [-0.25, -0.2) is 4.39 Å². The summed E-state index contributed by atoms with van der Waals surface area (Å²) in [4.78, 5) is 12.6. The molecule has 1 unspecified atom stereocenters. The summed E-state index contributed by atoms with van der Waals surface area (Å²) in [5, 5.41) is 8.88. The normalized spacial score (nSPS) is 12.7. The fourth-order valence-corrected chi connectivity index (χ4v) is 2.00. The highest BCUT2D eigenvalue weighted by Gasteiger charge is 2.17. The van der Waals surface area contributed by atoms with Gasteiger partial charge in [0.25, 0.3) is 0 Å². The number of hydrogen-bond donors (Lipinski definition) is 1. The summed E-state index contributed by atoms with van der Waals surface area (Å²) < 4.78 is 14.4. The van der Waals surface area contributed by atoms with E-state index in [4.69, 9.17) is 5.11 Å². The van der Waals surface area contributed by atoms with Crippen molar-refractivity contribution in [3.63, 3.8) is 0 Å². The third kappa shape index (κ3) is 4.38. The molecule has 0 bridgehead atoms. The van der Waals surface area contributed by atoms with Gasteiger partial charge in [0.1, 0.15) is 5.82 Å². The molecule has 100 valence electrons. The van der Waals surface area contributed by atoms with Crippen molar-refractivity contribution in [3.8, 4) is 0 Å². The number of rotatable bonds is 6. The fraction of sp³-hybridized carbons (Fsp3) is 0.462. The Morgan fingerprint density at radius 3 is 2.72 bits per heavy atom. The monoisotopic (exact) mass is 317 g/mol. The van der Waals surface area contributed by atoms with Gasteiger partial charge in [-0.15, -0.1) is 0 Å². The average molecular weight is 318 g/mol. The lowest BCUT2D eigenvalue weighted by atomic mass is 10.1. The molecule has 0 aliphatic rings. The zero-order valence-electron chi connectivity index (χ0n) is 10.5. The van der Waals surface area contributed by atoms with Gasteiger partial charge in [0, 0.05) is 22.6 Å². The molecule has 1 aromatic rings. The van der Waals surface area contributed by atoms with Gasteiger partial charge in [-0.1, -0.05) is 28.9 Å². The van der Waals surface area contributed by atoms with Gasteiger partial charge in [-0.2, -0.15) is 0 Å². The number of nitrogens with zero attached hydrogens (tertiary/aromatic N) is 1. The number of carboxylic acid groups (broad SMARTS) is 1. The zero-order valence-corrected chi connectivity index (χ0v) is 12.1. The van der Waals surface area contributed by atoms with Gasteiger partial charge in [0.05, 0.1) is 6.54 Å². The number of aliphatic carboxylic acids is 1. The first-order valence-electron chi connectivity index (χ1n) is 5.83. The number of halogens is 2. The summed E-state index contributed by atoms with van der Waals surface area (Å²) in [6, 6.07) is 4.93. The Labute approximate surface area is 115 Å². The van der Waals surface area contributed by atoms with E-state index < -0.39 is 5.97 Å². The fourth-order valence-electron chi connectivity index (χ4n) is 1.67. The van der Waals surface area contributed by atoms with Gasteiger partial charge < -0.3 is 5.11 Å². The van der Waals surface area contributed by atoms with Crippen LogP contribution < -0.4 is 0 Å². The molecular weight excluding hydrogens is 301 g/mol. The molecule has 0 saturated heterocycles. The molecule has 1 aromatic carbocycles. The first-order valence-corrected chi connectivity index (χ1v) is 6.63. The van der Waals surface area contributed by atoms with Crippen LogP contribution in [0.25, 0.3) is 0 Å². The Kier molecular flexibility index (Phi) is 5.75. The molecular formula is C13H17BrFNO2. The van der Waals surface area contributed by atoms with Crippen LogP contribution in [0.2, 0.25) is 0 Å². The topological polar surface area (TPSA) is 40.5 Å². The van der Waals surface area contributed by atoms with Gasteiger partial charge in [0.15, 0.2) is 0 Å². The second-order valence-corrected chi connectivity index (χ2v) is 5.21. The lowest BCUT2D eigenvalue weighted by Crippen LogP contribution is -2.36. The smallest absolute Gasteiger partial charge is 0.317 e. The largest absolute Gasteiger partial charge is 0.480 e. The highest BCUT2D eigenvalue weighted by atomic mass is 79.9. The summed E-state index contributed by atoms with van der Waals surface area (Å²) in [6.45, 7) is 4.15. The van der Waals surface area contributed by atoms with E-state index in [1.54, 1.807) is 17.0 Å². The highest BCUT2D eigenvalue weighted by molar-refractivity contribution is 9.10. The van der Waals surface area contributed by atoms with Crippen molar-refractivity contribution in [3.05, 3.63) is 34.1 Å². The van der Waals surface area contributed by atoms with E-state index in [1.807, 2.05) is 13.8 Å². The van der Waals surface area contributed by atoms with E-state index in [9.17, 15) is 9.18 Å². The van der Waals surface area contributed by atoms with Crippen LogP contribution in [0.4, 0.5) is 4.39 Å². The molecule has 3 nitrogen and oxygen atoms in total. The number of carboxylic acids is 1. The van der Waals surface area contributed by atoms with E-state index in [2.05, 4.69) is 15.9 Å². The standard InChI is InChI=1S/C13H17BrFNO2/c1-3-9(2)16(8-13(17)18)7-10-4-5-11(14)6-12(10)15/h4-6,9H,3,7-8H2,1-2H3,(H,17,18). The van der Waals surface area contributed by atoms with E-state index >= 15 is 0 Å². The molecule has 0 aromatic heterocycles. The number of carbonyl (C=O) groups is 1. The third-order valence-electron chi connectivity index (χ3n) is 2.94. The predicted octanol–water partition coefficient (Wildman–Crippen LogP) is 3.27. The van der Waals surface area contributed by atoms with E-state index in [-0.39, 0.29) is 18.4 Å². The predicted molar refractivity (Wildman–Crippen MR) is 71.9 cm³/mol. The molecule has 1 N–H and O–H groups in total. The van der Waals surface area contributed by atoms with Crippen LogP contribution in [0, 0.1) is 5.82 Å². The molecule has 18 heavy (non-hydrogen) atoms. The molecule has 0 radical (unpaired) electrons. The van der Waals surface area contributed by atoms with Crippen molar-refractivity contribution in [1.82, 2.24) is 4.90 Å². The molecule has 0 heterocycles. The molecule has 1 atom stereocenters. The Morgan fingerprint density at radius 2 is 2.22 bits per heavy atom. The highest BCUT2D eigenvalue weighted by Crippen LogP contribution is 2.18. The van der Waals surface area contributed by atoms with Crippen LogP contribution >= 0.6 is 15.9 Å². The number of benzene rings is 1. The van der Waals surface area contributed by atoms with Crippen LogP contribution in [0.15, 0.2) is 22.7 Å². The maximum Gasteiger partial charge on any atom is 0.317 e. The maximum absolute atomic E-state index is 13.7. The van der Waals surface area contributed by atoms with Crippen LogP contribution in [-0.2, 0) is 11.3 Å². The van der Waals surface area contributed by atoms with Gasteiger partial charge in [-0.3, -0.25) is 9.69 Å². The van der Waals surface area contributed by atoms with Crippen molar-refractivity contribution in [2.45, 2.75) is 32.9 Å². The minimum absolute atomic E-state index is 0.0789. The first kappa shape index (κ1) is 15.1. The number of hydrogen-bond acceptors (Lipinski definition) is 2. The summed E-state index contributed by atoms with van der Waals surface area (Å²) in [6.07, 6.45) is 0.825. The van der Waals surface area contributed by atoms with Crippen molar-refractivity contribution in [2.24, 2.45) is 0 Å². The molecule has 5 heteroatoms. The Morgan fingerprint density at radius 1 is 1.56 bits per heavy atom. The summed E-state index contributed by atoms with van der Waals surface area (Å²) in [5.74, 6) is -1.21. The molecule has 0 fully saturated rings. The van der Waals surface area contributed by atoms with Gasteiger partial charge in [0.2, 0.25) is 0 Å². The SMILES string of the molecule is CCC(C)N(CC(=O)O)Cc1ccc(Br)cc1F. The van der Waals surface area contributed by atoms with Crippen LogP contribution in [0.5, 0.6) is 0 Å². The molecule has 0 aliphatic heterocycles. The van der Waals surface area contributed by atoms with Gasteiger partial charge >= 0.3 is 5.97 Å². The van der Waals surface area contributed by atoms with Crippen LogP contribution in [0.3, 0.4) is 0 Å². The first-order chi connectivity index (χ1) is 8.43. The summed E-state index contributed by atoms with van der Waals surface area (Å²) in [7, 11) is 0. The minimum Gasteiger partial charge on any atom is -0.480 e. The Bertz CT molecular complexity index is 425. The lowest BCUT2D eigenvalue weighted by molar-refractivity contribution is -0.139. The van der Waals surface area contributed by atoms with Crippen molar-refractivity contribution in [1.29, 1.82) is 0 Å². The van der Waals surface area contributed by atoms with Crippen LogP contribution in [-0.4, -0.2) is 28.6 Å². The molecule has 0 spiro atoms. The summed E-state index contributed by atoms with van der Waals surface area (Å²) in [5.41, 5.74) is 0.514. The lowest BCUT2D eigenvalue weighted by Gasteiger charge is -2.26. The third-order valence-corrected chi connectivity index (χ3v) is 3.43. The minimum atomic E-state index is -0.896. The van der Waals surface area contributed by atoms with Crippen molar-refractivity contribution in [2.75, 3.05) is 6.54 Å². The average Bonchev–Trinajstić information content (AvgIpc) is 2.30.